The van der Waals surface area contributed by atoms with Gasteiger partial charge in [0, 0.05) is 18.9 Å². The first kappa shape index (κ1) is 20.3. The Labute approximate surface area is 175 Å². The zero-order valence-corrected chi connectivity index (χ0v) is 16.8. The van der Waals surface area contributed by atoms with Gasteiger partial charge in [0.2, 0.25) is 5.91 Å². The molecule has 1 aromatic heterocycles. The number of ether oxygens (including phenoxy) is 2. The van der Waals surface area contributed by atoms with Crippen LogP contribution >= 0.6 is 0 Å². The number of carbonyl (C=O) groups is 1. The summed E-state index contributed by atoms with van der Waals surface area (Å²) >= 11 is 0. The van der Waals surface area contributed by atoms with Gasteiger partial charge in [-0.2, -0.15) is 4.68 Å². The predicted octanol–water partition coefficient (Wildman–Crippen LogP) is 1.48. The largest absolute Gasteiger partial charge is 0.493 e. The summed E-state index contributed by atoms with van der Waals surface area (Å²) < 4.78 is 26.6. The number of nitrogens with one attached hydrogen (secondary N) is 1. The van der Waals surface area contributed by atoms with Gasteiger partial charge in [0.1, 0.15) is 11.6 Å². The van der Waals surface area contributed by atoms with Crippen LogP contribution < -0.4 is 26.0 Å². The number of rotatable bonds is 5. The fraction of sp³-hybridized carbons (Fsp3) is 0.238. The second-order valence-electron chi connectivity index (χ2n) is 6.93. The van der Waals surface area contributed by atoms with E-state index in [1.807, 2.05) is 12.1 Å². The highest BCUT2D eigenvalue weighted by atomic mass is 19.1. The molecule has 10 heteroatoms. The van der Waals surface area contributed by atoms with E-state index < -0.39 is 23.0 Å². The van der Waals surface area contributed by atoms with Crippen molar-refractivity contribution in [3.63, 3.8) is 0 Å². The molecular weight excluding hydrogens is 407 g/mol. The van der Waals surface area contributed by atoms with E-state index in [0.29, 0.717) is 13.0 Å². The third-order valence-corrected chi connectivity index (χ3v) is 4.90. The fourth-order valence-corrected chi connectivity index (χ4v) is 3.47. The molecule has 9 nitrogen and oxygen atoms in total. The van der Waals surface area contributed by atoms with E-state index in [0.717, 1.165) is 32.2 Å². The van der Waals surface area contributed by atoms with Gasteiger partial charge in [-0.1, -0.05) is 12.1 Å². The third kappa shape index (κ3) is 3.79. The van der Waals surface area contributed by atoms with E-state index >= 15 is 0 Å². The molecule has 0 aliphatic carbocycles. The number of amides is 1. The predicted molar refractivity (Wildman–Crippen MR) is 110 cm³/mol. The van der Waals surface area contributed by atoms with Crippen molar-refractivity contribution in [1.29, 1.82) is 0 Å². The van der Waals surface area contributed by atoms with Crippen LogP contribution in [-0.2, 0) is 17.8 Å². The Balaban J connectivity index is 1.85. The lowest BCUT2D eigenvalue weighted by atomic mass is 10.1. The molecule has 160 valence electrons. The summed E-state index contributed by atoms with van der Waals surface area (Å²) in [5, 5.41) is 6.33. The Bertz CT molecular complexity index is 1300. The molecule has 0 saturated heterocycles. The van der Waals surface area contributed by atoms with Gasteiger partial charge in [0.25, 0.3) is 5.88 Å². The molecule has 3 aromatic rings. The van der Waals surface area contributed by atoms with Crippen LogP contribution in [0.5, 0.6) is 11.6 Å². The SMILES string of the molecule is COc1nn(-c2ccc(F)c(NC(C)=O)c2)c(=O)n(Cc2cccc3c2CCO3)c1=O. The Morgan fingerprint density at radius 1 is 1.29 bits per heavy atom. The molecule has 0 radical (unpaired) electrons. The fourth-order valence-electron chi connectivity index (χ4n) is 3.47. The van der Waals surface area contributed by atoms with Crippen molar-refractivity contribution < 1.29 is 18.7 Å². The summed E-state index contributed by atoms with van der Waals surface area (Å²) in [7, 11) is 1.27. The van der Waals surface area contributed by atoms with E-state index in [1.54, 1.807) is 6.07 Å². The standard InChI is InChI=1S/C21H19FN4O5/c1-12(27)23-17-10-14(6-7-16(17)22)26-21(29)25(20(28)19(24-26)30-2)11-13-4-3-5-18-15(13)8-9-31-18/h3-7,10H,8-9,11H2,1-2H3,(H,23,27). The lowest BCUT2D eigenvalue weighted by molar-refractivity contribution is -0.114. The van der Waals surface area contributed by atoms with Gasteiger partial charge in [0.15, 0.2) is 0 Å². The molecule has 0 bridgehead atoms. The van der Waals surface area contributed by atoms with E-state index in [4.69, 9.17) is 9.47 Å². The summed E-state index contributed by atoms with van der Waals surface area (Å²) in [6, 6.07) is 9.12. The van der Waals surface area contributed by atoms with Crippen LogP contribution in [0.1, 0.15) is 18.1 Å². The number of benzene rings is 2. The minimum atomic E-state index is -0.734. The number of fused-ring (bicyclic) bond motifs is 1. The van der Waals surface area contributed by atoms with Crippen molar-refractivity contribution in [2.75, 3.05) is 19.0 Å². The molecule has 2 aromatic carbocycles. The first-order valence-electron chi connectivity index (χ1n) is 9.48. The molecule has 1 aliphatic heterocycles. The van der Waals surface area contributed by atoms with E-state index in [2.05, 4.69) is 10.4 Å². The molecule has 31 heavy (non-hydrogen) atoms. The van der Waals surface area contributed by atoms with Gasteiger partial charge in [-0.3, -0.25) is 9.59 Å². The molecule has 0 saturated carbocycles. The van der Waals surface area contributed by atoms with E-state index in [9.17, 15) is 18.8 Å². The number of halogens is 1. The Morgan fingerprint density at radius 2 is 2.10 bits per heavy atom. The maximum atomic E-state index is 14.0. The van der Waals surface area contributed by atoms with Crippen LogP contribution in [0.25, 0.3) is 5.69 Å². The molecule has 0 spiro atoms. The lowest BCUT2D eigenvalue weighted by Crippen LogP contribution is -2.41. The maximum absolute atomic E-state index is 14.0. The Morgan fingerprint density at radius 3 is 2.84 bits per heavy atom. The van der Waals surface area contributed by atoms with Crippen molar-refractivity contribution in [1.82, 2.24) is 14.3 Å². The summed E-state index contributed by atoms with van der Waals surface area (Å²) in [6.45, 7) is 1.76. The first-order valence-corrected chi connectivity index (χ1v) is 9.48. The highest BCUT2D eigenvalue weighted by molar-refractivity contribution is 5.89. The van der Waals surface area contributed by atoms with Crippen LogP contribution in [-0.4, -0.2) is 34.0 Å². The van der Waals surface area contributed by atoms with Gasteiger partial charge >= 0.3 is 11.2 Å². The molecule has 1 aliphatic rings. The summed E-state index contributed by atoms with van der Waals surface area (Å²) in [4.78, 5) is 37.3. The molecule has 1 amide bonds. The topological polar surface area (TPSA) is 104 Å². The van der Waals surface area contributed by atoms with Crippen molar-refractivity contribution in [3.05, 3.63) is 74.2 Å². The molecule has 0 atom stereocenters. The van der Waals surface area contributed by atoms with Crippen LogP contribution in [0.4, 0.5) is 10.1 Å². The number of hydrogen-bond donors (Lipinski definition) is 1. The normalized spacial score (nSPS) is 12.2. The number of aromatic nitrogens is 3. The average molecular weight is 426 g/mol. The summed E-state index contributed by atoms with van der Waals surface area (Å²) in [6.07, 6.45) is 0.675. The van der Waals surface area contributed by atoms with Crippen LogP contribution in [0, 0.1) is 5.82 Å². The number of anilines is 1. The highest BCUT2D eigenvalue weighted by Crippen LogP contribution is 2.28. The van der Waals surface area contributed by atoms with Crippen molar-refractivity contribution in [2.24, 2.45) is 0 Å². The Hall–Kier alpha value is -3.95. The zero-order chi connectivity index (χ0) is 22.1. The maximum Gasteiger partial charge on any atom is 0.352 e. The van der Waals surface area contributed by atoms with Crippen LogP contribution in [0.15, 0.2) is 46.0 Å². The minimum absolute atomic E-state index is 0.0111. The smallest absolute Gasteiger partial charge is 0.352 e. The van der Waals surface area contributed by atoms with Crippen LogP contribution in [0.2, 0.25) is 0 Å². The summed E-state index contributed by atoms with van der Waals surface area (Å²) in [5.74, 6) is -0.717. The molecule has 4 rings (SSSR count). The second-order valence-corrected chi connectivity index (χ2v) is 6.93. The van der Waals surface area contributed by atoms with E-state index in [-0.39, 0.29) is 23.8 Å². The van der Waals surface area contributed by atoms with Gasteiger partial charge in [-0.25, -0.2) is 13.8 Å². The second kappa shape index (κ2) is 8.05. The lowest BCUT2D eigenvalue weighted by Gasteiger charge is -2.14. The Kier molecular flexibility index (Phi) is 5.28. The third-order valence-electron chi connectivity index (χ3n) is 4.90. The average Bonchev–Trinajstić information content (AvgIpc) is 3.22. The zero-order valence-electron chi connectivity index (χ0n) is 16.8. The quantitative estimate of drug-likeness (QED) is 0.663. The molecule has 1 N–H and O–H groups in total. The van der Waals surface area contributed by atoms with Crippen molar-refractivity contribution in [2.45, 2.75) is 19.9 Å². The van der Waals surface area contributed by atoms with Gasteiger partial charge in [0.05, 0.1) is 31.6 Å². The molecular formula is C21H19FN4O5. The van der Waals surface area contributed by atoms with Crippen molar-refractivity contribution in [3.8, 4) is 17.3 Å². The van der Waals surface area contributed by atoms with Gasteiger partial charge in [-0.15, -0.1) is 5.10 Å². The van der Waals surface area contributed by atoms with Crippen LogP contribution in [0.3, 0.4) is 0 Å². The summed E-state index contributed by atoms with van der Waals surface area (Å²) in [5.41, 5.74) is 0.322. The molecule has 0 fully saturated rings. The first-order chi connectivity index (χ1) is 14.9. The number of nitrogens with zero attached hydrogens (tertiary/aromatic N) is 3. The number of carbonyl (C=O) groups excluding carboxylic acids is 1. The molecule has 0 unspecified atom stereocenters. The highest BCUT2D eigenvalue weighted by Gasteiger charge is 2.20. The van der Waals surface area contributed by atoms with Gasteiger partial charge in [-0.05, 0) is 29.8 Å². The van der Waals surface area contributed by atoms with Gasteiger partial charge < -0.3 is 14.8 Å². The van der Waals surface area contributed by atoms with Crippen molar-refractivity contribution >= 4 is 11.6 Å². The monoisotopic (exact) mass is 426 g/mol. The minimum Gasteiger partial charge on any atom is -0.493 e. The number of hydrogen-bond acceptors (Lipinski definition) is 6. The van der Waals surface area contributed by atoms with E-state index in [1.165, 1.54) is 26.2 Å². The molecule has 2 heterocycles. The number of methoxy groups -OCH3 is 1.